The summed E-state index contributed by atoms with van der Waals surface area (Å²) in [5.74, 6) is -0.925. The summed E-state index contributed by atoms with van der Waals surface area (Å²) < 4.78 is 9.72. The summed E-state index contributed by atoms with van der Waals surface area (Å²) in [5.41, 5.74) is 1.44. The van der Waals surface area contributed by atoms with Crippen molar-refractivity contribution >= 4 is 17.6 Å². The summed E-state index contributed by atoms with van der Waals surface area (Å²) in [6.07, 6.45) is 0. The Hall–Kier alpha value is -1.88. The molecule has 5 nitrogen and oxygen atoms in total. The number of hydrogen-bond acceptors (Lipinski definition) is 4. The quantitative estimate of drug-likeness (QED) is 0.662. The van der Waals surface area contributed by atoms with Crippen molar-refractivity contribution in [3.05, 3.63) is 29.3 Å². The molecule has 1 aliphatic rings. The zero-order valence-electron chi connectivity index (χ0n) is 11.3. The van der Waals surface area contributed by atoms with E-state index in [4.69, 9.17) is 9.47 Å². The number of hydrogen-bond donors (Lipinski definition) is 1. The van der Waals surface area contributed by atoms with Gasteiger partial charge in [0.1, 0.15) is 0 Å². The molecule has 2 rings (SSSR count). The fraction of sp³-hybridized carbons (Fsp3) is 0.429. The monoisotopic (exact) mass is 263 g/mol. The lowest BCUT2D eigenvalue weighted by Crippen LogP contribution is -2.57. The third kappa shape index (κ3) is 2.21. The minimum absolute atomic E-state index is 0.0659. The van der Waals surface area contributed by atoms with Gasteiger partial charge in [0.15, 0.2) is 5.41 Å². The third-order valence-corrected chi connectivity index (χ3v) is 3.43. The van der Waals surface area contributed by atoms with Crippen LogP contribution in [0.3, 0.4) is 0 Å². The van der Waals surface area contributed by atoms with Crippen LogP contribution < -0.4 is 5.32 Å². The smallest absolute Gasteiger partial charge is 0.326 e. The van der Waals surface area contributed by atoms with Gasteiger partial charge < -0.3 is 14.8 Å². The number of aryl methyl sites for hydroxylation is 2. The van der Waals surface area contributed by atoms with Gasteiger partial charge in [-0.05, 0) is 25.0 Å². The summed E-state index contributed by atoms with van der Waals surface area (Å²) in [6, 6.07) is 5.73. The molecule has 0 radical (unpaired) electrons. The van der Waals surface area contributed by atoms with Crippen LogP contribution in [-0.4, -0.2) is 32.2 Å². The van der Waals surface area contributed by atoms with E-state index in [0.29, 0.717) is 0 Å². The van der Waals surface area contributed by atoms with Crippen molar-refractivity contribution in [2.75, 3.05) is 25.6 Å². The lowest BCUT2D eigenvalue weighted by atomic mass is 9.84. The van der Waals surface area contributed by atoms with Crippen LogP contribution in [-0.2, 0) is 19.1 Å². The molecule has 5 heteroatoms. The van der Waals surface area contributed by atoms with E-state index in [1.54, 1.807) is 0 Å². The van der Waals surface area contributed by atoms with Crippen LogP contribution in [0.25, 0.3) is 0 Å². The Morgan fingerprint density at radius 2 is 1.84 bits per heavy atom. The molecule has 1 aromatic rings. The van der Waals surface area contributed by atoms with Crippen molar-refractivity contribution in [3.63, 3.8) is 0 Å². The fourth-order valence-electron chi connectivity index (χ4n) is 2.09. The molecular formula is C14H17NO4. The summed E-state index contributed by atoms with van der Waals surface area (Å²) in [7, 11) is 1.27. The first-order valence-electron chi connectivity index (χ1n) is 6.05. The number of carbonyl (C=O) groups excluding carboxylic acids is 2. The van der Waals surface area contributed by atoms with Gasteiger partial charge in [-0.2, -0.15) is 0 Å². The highest BCUT2D eigenvalue weighted by Gasteiger charge is 2.54. The van der Waals surface area contributed by atoms with Crippen LogP contribution in [0.15, 0.2) is 18.2 Å². The van der Waals surface area contributed by atoms with E-state index < -0.39 is 11.4 Å². The van der Waals surface area contributed by atoms with Gasteiger partial charge in [0, 0.05) is 5.69 Å². The lowest BCUT2D eigenvalue weighted by Gasteiger charge is -2.36. The zero-order valence-corrected chi connectivity index (χ0v) is 11.3. The fourth-order valence-corrected chi connectivity index (χ4v) is 2.09. The molecule has 1 aromatic carbocycles. The van der Waals surface area contributed by atoms with Crippen molar-refractivity contribution < 1.29 is 19.1 Å². The van der Waals surface area contributed by atoms with Gasteiger partial charge in [0.25, 0.3) is 0 Å². The highest BCUT2D eigenvalue weighted by atomic mass is 16.5. The molecule has 1 N–H and O–H groups in total. The second-order valence-electron chi connectivity index (χ2n) is 4.79. The standard InChI is InChI=1S/C14H17NO4/c1-9-5-4-6-10(2)11(9)15-12(16)14(7-19-8-14)13(17)18-3/h4-6H,7-8H2,1-3H3,(H,15,16). The Kier molecular flexibility index (Phi) is 3.57. The second-order valence-corrected chi connectivity index (χ2v) is 4.79. The van der Waals surface area contributed by atoms with E-state index in [0.717, 1.165) is 16.8 Å². The zero-order chi connectivity index (χ0) is 14.0. The Bertz CT molecular complexity index is 500. The van der Waals surface area contributed by atoms with E-state index in [1.165, 1.54) is 7.11 Å². The van der Waals surface area contributed by atoms with Crippen molar-refractivity contribution in [1.82, 2.24) is 0 Å². The van der Waals surface area contributed by atoms with E-state index in [-0.39, 0.29) is 19.1 Å². The van der Waals surface area contributed by atoms with E-state index in [9.17, 15) is 9.59 Å². The normalized spacial score (nSPS) is 16.4. The number of methoxy groups -OCH3 is 1. The number of rotatable bonds is 3. The maximum Gasteiger partial charge on any atom is 0.326 e. The minimum Gasteiger partial charge on any atom is -0.468 e. The largest absolute Gasteiger partial charge is 0.468 e. The average molecular weight is 263 g/mol. The lowest BCUT2D eigenvalue weighted by molar-refractivity contribution is -0.185. The molecule has 19 heavy (non-hydrogen) atoms. The predicted molar refractivity (Wildman–Crippen MR) is 69.8 cm³/mol. The van der Waals surface area contributed by atoms with Crippen LogP contribution >= 0.6 is 0 Å². The Morgan fingerprint density at radius 1 is 1.26 bits per heavy atom. The topological polar surface area (TPSA) is 64.6 Å². The SMILES string of the molecule is COC(=O)C1(C(=O)Nc2c(C)cccc2C)COC1. The number of benzene rings is 1. The molecule has 0 bridgehead atoms. The number of nitrogens with one attached hydrogen (secondary N) is 1. The first-order valence-corrected chi connectivity index (χ1v) is 6.05. The van der Waals surface area contributed by atoms with Crippen molar-refractivity contribution in [1.29, 1.82) is 0 Å². The maximum absolute atomic E-state index is 12.3. The van der Waals surface area contributed by atoms with Gasteiger partial charge in [0.05, 0.1) is 20.3 Å². The highest BCUT2D eigenvalue weighted by molar-refractivity contribution is 6.10. The number of carbonyl (C=O) groups is 2. The molecule has 0 spiro atoms. The molecule has 102 valence electrons. The maximum atomic E-state index is 12.3. The third-order valence-electron chi connectivity index (χ3n) is 3.43. The molecule has 0 aliphatic carbocycles. The van der Waals surface area contributed by atoms with Gasteiger partial charge in [-0.25, -0.2) is 0 Å². The number of esters is 1. The summed E-state index contributed by atoms with van der Waals surface area (Å²) >= 11 is 0. The van der Waals surface area contributed by atoms with Crippen molar-refractivity contribution in [2.45, 2.75) is 13.8 Å². The van der Waals surface area contributed by atoms with Gasteiger partial charge in [-0.1, -0.05) is 18.2 Å². The number of anilines is 1. The summed E-state index contributed by atoms with van der Waals surface area (Å²) in [4.78, 5) is 24.1. The van der Waals surface area contributed by atoms with E-state index in [2.05, 4.69) is 5.32 Å². The molecular weight excluding hydrogens is 246 g/mol. The van der Waals surface area contributed by atoms with E-state index >= 15 is 0 Å². The molecule has 0 aromatic heterocycles. The first-order chi connectivity index (χ1) is 9.01. The number of para-hydroxylation sites is 1. The molecule has 1 fully saturated rings. The predicted octanol–water partition coefficient (Wildman–Crippen LogP) is 1.43. The summed E-state index contributed by atoms with van der Waals surface area (Å²) in [5, 5.41) is 2.82. The highest BCUT2D eigenvalue weighted by Crippen LogP contribution is 2.32. The van der Waals surface area contributed by atoms with Gasteiger partial charge >= 0.3 is 5.97 Å². The number of ether oxygens (including phenoxy) is 2. The van der Waals surface area contributed by atoms with Crippen LogP contribution in [0.1, 0.15) is 11.1 Å². The molecule has 0 atom stereocenters. The Labute approximate surface area is 111 Å². The minimum atomic E-state index is -1.20. The van der Waals surface area contributed by atoms with Crippen LogP contribution in [0, 0.1) is 19.3 Å². The Morgan fingerprint density at radius 3 is 2.26 bits per heavy atom. The summed E-state index contributed by atoms with van der Waals surface area (Å²) in [6.45, 7) is 3.95. The van der Waals surface area contributed by atoms with Crippen molar-refractivity contribution in [3.8, 4) is 0 Å². The Balaban J connectivity index is 2.24. The molecule has 1 saturated heterocycles. The number of amides is 1. The molecule has 1 heterocycles. The van der Waals surface area contributed by atoms with Gasteiger partial charge in [0.2, 0.25) is 5.91 Å². The molecule has 0 saturated carbocycles. The molecule has 1 amide bonds. The van der Waals surface area contributed by atoms with Gasteiger partial charge in [-0.3, -0.25) is 9.59 Å². The van der Waals surface area contributed by atoms with Crippen molar-refractivity contribution in [2.24, 2.45) is 5.41 Å². The van der Waals surface area contributed by atoms with Crippen LogP contribution in [0.2, 0.25) is 0 Å². The average Bonchev–Trinajstić information content (AvgIpc) is 2.32. The molecule has 1 aliphatic heterocycles. The van der Waals surface area contributed by atoms with Gasteiger partial charge in [-0.15, -0.1) is 0 Å². The second kappa shape index (κ2) is 5.01. The van der Waals surface area contributed by atoms with Crippen LogP contribution in [0.4, 0.5) is 5.69 Å². The van der Waals surface area contributed by atoms with Crippen LogP contribution in [0.5, 0.6) is 0 Å². The first kappa shape index (κ1) is 13.5. The molecule has 0 unspecified atom stereocenters. The van der Waals surface area contributed by atoms with E-state index in [1.807, 2.05) is 32.0 Å².